The first-order valence-corrected chi connectivity index (χ1v) is 17.1. The number of carbonyl (C=O) groups is 7. The molecule has 8 N–H and O–H groups in total. The highest BCUT2D eigenvalue weighted by Gasteiger charge is 2.29. The molecule has 0 bridgehead atoms. The summed E-state index contributed by atoms with van der Waals surface area (Å²) >= 11 is 0. The molecule has 0 saturated carbocycles. The van der Waals surface area contributed by atoms with E-state index in [1.807, 2.05) is 0 Å². The van der Waals surface area contributed by atoms with Gasteiger partial charge in [-0.2, -0.15) is 8.42 Å². The third-order valence-electron chi connectivity index (χ3n) is 7.15. The zero-order valence-corrected chi connectivity index (χ0v) is 28.3. The summed E-state index contributed by atoms with van der Waals surface area (Å²) < 4.78 is 41.8. The lowest BCUT2D eigenvalue weighted by Gasteiger charge is -2.25. The summed E-state index contributed by atoms with van der Waals surface area (Å²) in [7, 11) is -4.39. The molecule has 1 aromatic carbocycles. The van der Waals surface area contributed by atoms with E-state index in [1.165, 1.54) is 18.2 Å². The number of primary amides is 1. The van der Waals surface area contributed by atoms with Crippen LogP contribution in [0.3, 0.4) is 0 Å². The van der Waals surface area contributed by atoms with Gasteiger partial charge in [-0.15, -0.1) is 0 Å². The molecule has 19 nitrogen and oxygen atoms in total. The predicted molar refractivity (Wildman–Crippen MR) is 175 cm³/mol. The lowest BCUT2D eigenvalue weighted by atomic mass is 10.0. The fourth-order valence-electron chi connectivity index (χ4n) is 4.59. The van der Waals surface area contributed by atoms with Crippen molar-refractivity contribution in [3.63, 3.8) is 0 Å². The Morgan fingerprint density at radius 2 is 1.66 bits per heavy atom. The molecule has 1 aliphatic rings. The fraction of sp³-hybridized carbons (Fsp3) is 0.500. The standard InChI is InChI=1S/C30H42N6O13S/c1-18(2)26(35-23(37)9-13-48-14-12-36-24(38)7-8-25(36)39)28(41)34-22(4-3-11-32-29(31)42)27(40)33-21-6-5-20(17-49-30(43)44)19(16-21)10-15-50(45,46)47/h5-8,16,18,22,26H,3-4,9-15,17H2,1-2H3,(H,33,40)(H,34,41)(H,35,37)(H,43,44)(H3,31,32,42)(H,45,46,47)/t22-,26?/m0/s1. The number of hydrogen-bond donors (Lipinski definition) is 7. The number of nitrogens with one attached hydrogen (secondary N) is 4. The molecule has 1 aromatic rings. The van der Waals surface area contributed by atoms with E-state index in [2.05, 4.69) is 26.0 Å². The highest BCUT2D eigenvalue weighted by Crippen LogP contribution is 2.19. The number of aryl methyl sites for hydroxylation is 1. The van der Waals surface area contributed by atoms with E-state index in [9.17, 15) is 46.5 Å². The molecule has 0 radical (unpaired) electrons. The summed E-state index contributed by atoms with van der Waals surface area (Å²) in [5.74, 6) is -3.97. The van der Waals surface area contributed by atoms with Gasteiger partial charge in [0.25, 0.3) is 21.9 Å². The van der Waals surface area contributed by atoms with Crippen LogP contribution < -0.4 is 27.0 Å². The lowest BCUT2D eigenvalue weighted by Crippen LogP contribution is -2.54. The number of hydrogen-bond acceptors (Lipinski definition) is 11. The van der Waals surface area contributed by atoms with Gasteiger partial charge in [-0.1, -0.05) is 19.9 Å². The maximum Gasteiger partial charge on any atom is 0.506 e. The highest BCUT2D eigenvalue weighted by atomic mass is 32.2. The zero-order valence-electron chi connectivity index (χ0n) is 27.5. The van der Waals surface area contributed by atoms with E-state index >= 15 is 0 Å². The van der Waals surface area contributed by atoms with Crippen LogP contribution in [0.15, 0.2) is 30.4 Å². The van der Waals surface area contributed by atoms with Crippen molar-refractivity contribution in [1.82, 2.24) is 20.9 Å². The zero-order chi connectivity index (χ0) is 37.4. The molecule has 20 heteroatoms. The smallest absolute Gasteiger partial charge is 0.450 e. The molecule has 1 aliphatic heterocycles. The average molecular weight is 727 g/mol. The number of ether oxygens (including phenoxy) is 2. The lowest BCUT2D eigenvalue weighted by molar-refractivity contribution is -0.138. The number of urea groups is 1. The van der Waals surface area contributed by atoms with Crippen molar-refractivity contribution >= 4 is 57.5 Å². The monoisotopic (exact) mass is 726 g/mol. The Labute approximate surface area is 288 Å². The van der Waals surface area contributed by atoms with Crippen LogP contribution in [0.5, 0.6) is 0 Å². The Kier molecular flexibility index (Phi) is 16.3. The first kappa shape index (κ1) is 41.1. The summed E-state index contributed by atoms with van der Waals surface area (Å²) in [6.07, 6.45) is 0.550. The fourth-order valence-corrected chi connectivity index (χ4v) is 5.07. The highest BCUT2D eigenvalue weighted by molar-refractivity contribution is 7.85. The Morgan fingerprint density at radius 1 is 0.980 bits per heavy atom. The molecule has 0 fully saturated rings. The third-order valence-corrected chi connectivity index (χ3v) is 7.87. The van der Waals surface area contributed by atoms with E-state index in [1.54, 1.807) is 13.8 Å². The van der Waals surface area contributed by atoms with Crippen molar-refractivity contribution in [3.8, 4) is 0 Å². The molecule has 7 amide bonds. The summed E-state index contributed by atoms with van der Waals surface area (Å²) in [5, 5.41) is 19.1. The largest absolute Gasteiger partial charge is 0.506 e. The van der Waals surface area contributed by atoms with Gasteiger partial charge >= 0.3 is 12.2 Å². The van der Waals surface area contributed by atoms with Gasteiger partial charge in [0.15, 0.2) is 0 Å². The second-order valence-electron chi connectivity index (χ2n) is 11.4. The summed E-state index contributed by atoms with van der Waals surface area (Å²) in [5.41, 5.74) is 5.80. The maximum absolute atomic E-state index is 13.4. The van der Waals surface area contributed by atoms with E-state index in [-0.39, 0.29) is 68.8 Å². The number of anilines is 1. The number of carboxylic acid groups (broad SMARTS) is 1. The van der Waals surface area contributed by atoms with E-state index in [4.69, 9.17) is 15.6 Å². The second kappa shape index (κ2) is 19.8. The minimum absolute atomic E-state index is 0.00278. The molecule has 1 unspecified atom stereocenters. The molecule has 2 rings (SSSR count). The van der Waals surface area contributed by atoms with Crippen LogP contribution in [0.4, 0.5) is 15.3 Å². The van der Waals surface area contributed by atoms with Crippen molar-refractivity contribution in [1.29, 1.82) is 0 Å². The second-order valence-corrected chi connectivity index (χ2v) is 12.9. The van der Waals surface area contributed by atoms with Crippen LogP contribution in [0, 0.1) is 5.92 Å². The van der Waals surface area contributed by atoms with Gasteiger partial charge in [-0.05, 0) is 48.4 Å². The number of imide groups is 1. The Bertz CT molecular complexity index is 1550. The van der Waals surface area contributed by atoms with Crippen molar-refractivity contribution in [2.75, 3.05) is 37.4 Å². The van der Waals surface area contributed by atoms with Crippen LogP contribution in [0.1, 0.15) is 44.2 Å². The minimum atomic E-state index is -4.39. The molecular formula is C30H42N6O13S. The minimum Gasteiger partial charge on any atom is -0.450 e. The Morgan fingerprint density at radius 3 is 2.26 bits per heavy atom. The van der Waals surface area contributed by atoms with Crippen LogP contribution in [0.2, 0.25) is 0 Å². The van der Waals surface area contributed by atoms with Crippen LogP contribution in [-0.2, 0) is 56.6 Å². The van der Waals surface area contributed by atoms with E-state index in [0.717, 1.165) is 17.1 Å². The predicted octanol–water partition coefficient (Wildman–Crippen LogP) is -0.344. The summed E-state index contributed by atoms with van der Waals surface area (Å²) in [6, 6.07) is 1.11. The quantitative estimate of drug-likeness (QED) is 0.0370. The van der Waals surface area contributed by atoms with Crippen molar-refractivity contribution < 1.29 is 61.1 Å². The average Bonchev–Trinajstić information content (AvgIpc) is 3.34. The molecule has 0 aliphatic carbocycles. The maximum atomic E-state index is 13.4. The molecule has 2 atom stereocenters. The van der Waals surface area contributed by atoms with E-state index < -0.39 is 82.2 Å². The molecule has 0 saturated heterocycles. The van der Waals surface area contributed by atoms with Gasteiger partial charge < -0.3 is 41.6 Å². The normalized spacial score (nSPS) is 13.9. The summed E-state index contributed by atoms with van der Waals surface area (Å²) in [4.78, 5) is 85.6. The SMILES string of the molecule is CC(C)C(NC(=O)CCOCCN1C(=O)C=CC1=O)C(=O)N[C@@H](CCCNC(N)=O)C(=O)Nc1ccc(COC(=O)O)c(CCS(=O)(=O)O)c1. The molecule has 276 valence electrons. The van der Waals surface area contributed by atoms with Gasteiger partial charge in [0.1, 0.15) is 18.7 Å². The van der Waals surface area contributed by atoms with Crippen molar-refractivity contribution in [3.05, 3.63) is 41.5 Å². The van der Waals surface area contributed by atoms with Gasteiger partial charge in [0.05, 0.1) is 25.5 Å². The number of benzene rings is 1. The van der Waals surface area contributed by atoms with Crippen molar-refractivity contribution in [2.45, 2.75) is 58.2 Å². The topological polar surface area (TPSA) is 290 Å². The van der Waals surface area contributed by atoms with Gasteiger partial charge in [-0.25, -0.2) is 9.59 Å². The summed E-state index contributed by atoms with van der Waals surface area (Å²) in [6.45, 7) is 2.95. The molecule has 0 spiro atoms. The number of carbonyl (C=O) groups excluding carboxylic acids is 6. The van der Waals surface area contributed by atoms with Crippen LogP contribution >= 0.6 is 0 Å². The van der Waals surface area contributed by atoms with Gasteiger partial charge in [-0.3, -0.25) is 33.4 Å². The molecule has 0 aromatic heterocycles. The molecule has 50 heavy (non-hydrogen) atoms. The van der Waals surface area contributed by atoms with E-state index in [0.29, 0.717) is 0 Å². The molecule has 1 heterocycles. The number of rotatable bonds is 21. The number of nitrogens with two attached hydrogens (primary N) is 1. The Hall–Kier alpha value is -5.08. The number of amides is 7. The first-order valence-electron chi connectivity index (χ1n) is 15.4. The third kappa shape index (κ3) is 15.0. The van der Waals surface area contributed by atoms with Crippen LogP contribution in [0.25, 0.3) is 0 Å². The van der Waals surface area contributed by atoms with Gasteiger partial charge in [0.2, 0.25) is 17.7 Å². The number of nitrogens with zero attached hydrogens (tertiary/aromatic N) is 1. The molecular weight excluding hydrogens is 684 g/mol. The first-order chi connectivity index (χ1) is 23.5. The van der Waals surface area contributed by atoms with Crippen molar-refractivity contribution in [2.24, 2.45) is 11.7 Å². The van der Waals surface area contributed by atoms with Crippen LogP contribution in [-0.4, -0.2) is 109 Å². The van der Waals surface area contributed by atoms with Gasteiger partial charge in [0, 0.05) is 30.8 Å². The Balaban J connectivity index is 2.10.